The van der Waals surface area contributed by atoms with E-state index in [4.69, 9.17) is 22.2 Å². The molecule has 0 saturated heterocycles. The van der Waals surface area contributed by atoms with Crippen molar-refractivity contribution in [2.75, 3.05) is 6.61 Å². The maximum Gasteiger partial charge on any atom is 0.233 e. The molecule has 1 amide bonds. The molecule has 94 valence electrons. The first-order valence-electron chi connectivity index (χ1n) is 5.52. The Labute approximate surface area is 106 Å². The molecular formula is C12H17ClN2O2. The molecule has 1 aromatic carbocycles. The van der Waals surface area contributed by atoms with Crippen molar-refractivity contribution in [2.45, 2.75) is 26.2 Å². The van der Waals surface area contributed by atoms with E-state index >= 15 is 0 Å². The first-order valence-corrected chi connectivity index (χ1v) is 5.89. The van der Waals surface area contributed by atoms with Crippen molar-refractivity contribution < 1.29 is 9.53 Å². The lowest BCUT2D eigenvalue weighted by atomic mass is 10.2. The third-order valence-electron chi connectivity index (χ3n) is 2.30. The molecule has 0 spiro atoms. The van der Waals surface area contributed by atoms with E-state index in [0.717, 1.165) is 18.4 Å². The molecule has 3 N–H and O–H groups in total. The van der Waals surface area contributed by atoms with Gasteiger partial charge in [-0.05, 0) is 37.5 Å². The average Bonchev–Trinajstić information content (AvgIpc) is 2.32. The van der Waals surface area contributed by atoms with E-state index in [2.05, 4.69) is 5.43 Å². The standard InChI is InChI=1S/C12H17ClN2O2/c1-9-5-6-10(13)11(8-9)17-7-3-2-4-12(16)15-14/h5-6,8H,2-4,7,14H2,1H3,(H,15,16). The van der Waals surface area contributed by atoms with Gasteiger partial charge in [0.05, 0.1) is 11.6 Å². The van der Waals surface area contributed by atoms with Crippen LogP contribution in [0.25, 0.3) is 0 Å². The highest BCUT2D eigenvalue weighted by atomic mass is 35.5. The van der Waals surface area contributed by atoms with Crippen molar-refractivity contribution in [3.8, 4) is 5.75 Å². The zero-order chi connectivity index (χ0) is 12.7. The predicted molar refractivity (Wildman–Crippen MR) is 67.9 cm³/mol. The highest BCUT2D eigenvalue weighted by molar-refractivity contribution is 6.32. The number of carbonyl (C=O) groups is 1. The molecule has 1 rings (SSSR count). The molecule has 0 bridgehead atoms. The Hall–Kier alpha value is -1.26. The zero-order valence-electron chi connectivity index (χ0n) is 9.83. The molecular weight excluding hydrogens is 240 g/mol. The van der Waals surface area contributed by atoms with Gasteiger partial charge in [0.1, 0.15) is 5.75 Å². The fraction of sp³-hybridized carbons (Fsp3) is 0.417. The summed E-state index contributed by atoms with van der Waals surface area (Å²) in [6.07, 6.45) is 1.95. The number of amides is 1. The molecule has 5 heteroatoms. The van der Waals surface area contributed by atoms with Gasteiger partial charge in [0.25, 0.3) is 0 Å². The average molecular weight is 257 g/mol. The minimum atomic E-state index is -0.154. The topological polar surface area (TPSA) is 64.3 Å². The number of benzene rings is 1. The molecule has 0 saturated carbocycles. The minimum Gasteiger partial charge on any atom is -0.492 e. The molecule has 0 aliphatic heterocycles. The second-order valence-corrected chi connectivity index (χ2v) is 4.21. The molecule has 0 unspecified atom stereocenters. The van der Waals surface area contributed by atoms with Crippen LogP contribution in [-0.2, 0) is 4.79 Å². The van der Waals surface area contributed by atoms with Crippen LogP contribution in [0.5, 0.6) is 5.75 Å². The van der Waals surface area contributed by atoms with E-state index in [1.165, 1.54) is 0 Å². The lowest BCUT2D eigenvalue weighted by molar-refractivity contribution is -0.121. The van der Waals surface area contributed by atoms with Crippen LogP contribution in [0.4, 0.5) is 0 Å². The van der Waals surface area contributed by atoms with E-state index in [1.54, 1.807) is 0 Å². The molecule has 0 aromatic heterocycles. The third kappa shape index (κ3) is 5.06. The van der Waals surface area contributed by atoms with Crippen molar-refractivity contribution in [2.24, 2.45) is 5.84 Å². The molecule has 0 heterocycles. The maximum absolute atomic E-state index is 10.8. The first-order chi connectivity index (χ1) is 8.13. The van der Waals surface area contributed by atoms with Crippen LogP contribution in [0.3, 0.4) is 0 Å². The first kappa shape index (κ1) is 13.8. The summed E-state index contributed by atoms with van der Waals surface area (Å²) in [5.41, 5.74) is 3.19. The number of nitrogens with two attached hydrogens (primary N) is 1. The molecule has 0 aliphatic rings. The van der Waals surface area contributed by atoms with E-state index in [9.17, 15) is 4.79 Å². The number of ether oxygens (including phenoxy) is 1. The summed E-state index contributed by atoms with van der Waals surface area (Å²) in [6, 6.07) is 5.64. The van der Waals surface area contributed by atoms with Crippen molar-refractivity contribution in [3.05, 3.63) is 28.8 Å². The SMILES string of the molecule is Cc1ccc(Cl)c(OCCCCC(=O)NN)c1. The lowest BCUT2D eigenvalue weighted by Crippen LogP contribution is -2.29. The molecule has 0 aliphatic carbocycles. The fourth-order valence-corrected chi connectivity index (χ4v) is 1.54. The van der Waals surface area contributed by atoms with Gasteiger partial charge in [0.2, 0.25) is 5.91 Å². The second kappa shape index (κ2) is 7.14. The molecule has 0 fully saturated rings. The number of hydrogen-bond donors (Lipinski definition) is 2. The number of unbranched alkanes of at least 4 members (excludes halogenated alkanes) is 1. The Morgan fingerprint density at radius 2 is 2.24 bits per heavy atom. The van der Waals surface area contributed by atoms with Crippen molar-refractivity contribution >= 4 is 17.5 Å². The van der Waals surface area contributed by atoms with Gasteiger partial charge >= 0.3 is 0 Å². The van der Waals surface area contributed by atoms with Crippen LogP contribution in [-0.4, -0.2) is 12.5 Å². The van der Waals surface area contributed by atoms with Crippen LogP contribution < -0.4 is 16.0 Å². The largest absolute Gasteiger partial charge is 0.492 e. The Balaban J connectivity index is 2.26. The van der Waals surface area contributed by atoms with Crippen molar-refractivity contribution in [3.63, 3.8) is 0 Å². The number of rotatable bonds is 6. The van der Waals surface area contributed by atoms with E-state index < -0.39 is 0 Å². The van der Waals surface area contributed by atoms with Crippen LogP contribution in [0.2, 0.25) is 5.02 Å². The summed E-state index contributed by atoms with van der Waals surface area (Å²) in [4.78, 5) is 10.8. The van der Waals surface area contributed by atoms with Crippen LogP contribution in [0.15, 0.2) is 18.2 Å². The van der Waals surface area contributed by atoms with Gasteiger partial charge in [-0.15, -0.1) is 0 Å². The quantitative estimate of drug-likeness (QED) is 0.355. The monoisotopic (exact) mass is 256 g/mol. The molecule has 0 radical (unpaired) electrons. The van der Waals surface area contributed by atoms with Gasteiger partial charge in [0, 0.05) is 6.42 Å². The van der Waals surface area contributed by atoms with Gasteiger partial charge < -0.3 is 4.74 Å². The lowest BCUT2D eigenvalue weighted by Gasteiger charge is -2.08. The van der Waals surface area contributed by atoms with Gasteiger partial charge in [-0.2, -0.15) is 0 Å². The summed E-state index contributed by atoms with van der Waals surface area (Å²) in [5.74, 6) is 5.50. The zero-order valence-corrected chi connectivity index (χ0v) is 10.6. The number of hydrazine groups is 1. The highest BCUT2D eigenvalue weighted by Gasteiger charge is 2.02. The minimum absolute atomic E-state index is 0.154. The normalized spacial score (nSPS) is 10.1. The van der Waals surface area contributed by atoms with E-state index in [1.807, 2.05) is 25.1 Å². The van der Waals surface area contributed by atoms with Crippen LogP contribution in [0, 0.1) is 6.92 Å². The highest BCUT2D eigenvalue weighted by Crippen LogP contribution is 2.25. The van der Waals surface area contributed by atoms with Gasteiger partial charge in [-0.1, -0.05) is 17.7 Å². The Bertz CT molecular complexity index is 383. The smallest absolute Gasteiger partial charge is 0.233 e. The molecule has 0 atom stereocenters. The van der Waals surface area contributed by atoms with Crippen molar-refractivity contribution in [1.29, 1.82) is 0 Å². The van der Waals surface area contributed by atoms with Crippen LogP contribution in [0.1, 0.15) is 24.8 Å². The van der Waals surface area contributed by atoms with Crippen LogP contribution >= 0.6 is 11.6 Å². The predicted octanol–water partition coefficient (Wildman–Crippen LogP) is 2.19. The summed E-state index contributed by atoms with van der Waals surface area (Å²) in [7, 11) is 0. The Kier molecular flexibility index (Phi) is 5.80. The molecule has 4 nitrogen and oxygen atoms in total. The molecule has 17 heavy (non-hydrogen) atoms. The number of hydrogen-bond acceptors (Lipinski definition) is 3. The summed E-state index contributed by atoms with van der Waals surface area (Å²) >= 11 is 5.98. The number of carbonyl (C=O) groups excluding carboxylic acids is 1. The number of halogens is 1. The maximum atomic E-state index is 10.8. The number of nitrogens with one attached hydrogen (secondary N) is 1. The summed E-state index contributed by atoms with van der Waals surface area (Å²) in [5, 5.41) is 0.607. The second-order valence-electron chi connectivity index (χ2n) is 3.81. The number of aryl methyl sites for hydroxylation is 1. The van der Waals surface area contributed by atoms with Crippen molar-refractivity contribution in [1.82, 2.24) is 5.43 Å². The molecule has 1 aromatic rings. The summed E-state index contributed by atoms with van der Waals surface area (Å²) in [6.45, 7) is 2.52. The third-order valence-corrected chi connectivity index (χ3v) is 2.62. The van der Waals surface area contributed by atoms with E-state index in [0.29, 0.717) is 23.8 Å². The summed E-state index contributed by atoms with van der Waals surface area (Å²) < 4.78 is 5.54. The van der Waals surface area contributed by atoms with Gasteiger partial charge in [-0.3, -0.25) is 10.2 Å². The Morgan fingerprint density at radius 3 is 2.94 bits per heavy atom. The van der Waals surface area contributed by atoms with Gasteiger partial charge in [-0.25, -0.2) is 5.84 Å². The van der Waals surface area contributed by atoms with E-state index in [-0.39, 0.29) is 5.91 Å². The van der Waals surface area contributed by atoms with Gasteiger partial charge in [0.15, 0.2) is 0 Å². The fourth-order valence-electron chi connectivity index (χ4n) is 1.36. The Morgan fingerprint density at radius 1 is 1.47 bits per heavy atom.